The summed E-state index contributed by atoms with van der Waals surface area (Å²) in [6.45, 7) is 7.94. The summed E-state index contributed by atoms with van der Waals surface area (Å²) in [5, 5.41) is 5.68. The monoisotopic (exact) mass is 262 g/mol. The molecule has 0 aliphatic carbocycles. The minimum Gasteiger partial charge on any atom is -0.352 e. The molecule has 104 valence electrons. The molecule has 0 atom stereocenters. The molecule has 0 saturated carbocycles. The number of hydrogen-bond acceptors (Lipinski definition) is 2. The molecule has 2 N–H and O–H groups in total. The molecule has 1 aromatic carbocycles. The molecule has 0 heterocycles. The first kappa shape index (κ1) is 15.2. The Morgan fingerprint density at radius 2 is 1.47 bits per heavy atom. The van der Waals surface area contributed by atoms with Gasteiger partial charge in [-0.25, -0.2) is 0 Å². The maximum atomic E-state index is 11.5. The van der Waals surface area contributed by atoms with Gasteiger partial charge in [0.15, 0.2) is 0 Å². The normalized spacial score (nSPS) is 10.6. The quantitative estimate of drug-likeness (QED) is 0.856. The van der Waals surface area contributed by atoms with Gasteiger partial charge in [-0.2, -0.15) is 0 Å². The van der Waals surface area contributed by atoms with E-state index >= 15 is 0 Å². The van der Waals surface area contributed by atoms with Crippen molar-refractivity contribution in [3.8, 4) is 0 Å². The zero-order valence-electron chi connectivity index (χ0n) is 12.0. The van der Waals surface area contributed by atoms with Crippen molar-refractivity contribution < 1.29 is 9.59 Å². The van der Waals surface area contributed by atoms with Gasteiger partial charge in [0, 0.05) is 24.1 Å². The Kier molecular flexibility index (Phi) is 5.55. The first-order valence-corrected chi connectivity index (χ1v) is 6.57. The maximum absolute atomic E-state index is 11.5. The highest BCUT2D eigenvalue weighted by molar-refractivity contribution is 5.92. The van der Waals surface area contributed by atoms with Crippen LogP contribution in [0.1, 0.15) is 33.3 Å². The van der Waals surface area contributed by atoms with E-state index in [0.717, 1.165) is 11.3 Å². The molecular formula is C15H22N2O2. The molecule has 1 aromatic rings. The standard InChI is InChI=1S/C15H22N2O2/c1-10(2)14(18)16-9-12-5-7-13(8-6-12)17-15(19)11(3)4/h5-8,10-11H,9H2,1-4H3,(H,16,18)(H,17,19). The fourth-order valence-corrected chi connectivity index (χ4v) is 1.39. The molecule has 0 aliphatic rings. The number of carbonyl (C=O) groups is 2. The maximum Gasteiger partial charge on any atom is 0.226 e. The predicted octanol–water partition coefficient (Wildman–Crippen LogP) is 2.55. The number of nitrogens with one attached hydrogen (secondary N) is 2. The number of anilines is 1. The fraction of sp³-hybridized carbons (Fsp3) is 0.467. The summed E-state index contributed by atoms with van der Waals surface area (Å²) in [5.41, 5.74) is 1.79. The van der Waals surface area contributed by atoms with Gasteiger partial charge in [0.1, 0.15) is 0 Å². The summed E-state index contributed by atoms with van der Waals surface area (Å²) >= 11 is 0. The van der Waals surface area contributed by atoms with E-state index in [2.05, 4.69) is 10.6 Å². The van der Waals surface area contributed by atoms with Crippen LogP contribution in [0.3, 0.4) is 0 Å². The third-order valence-electron chi connectivity index (χ3n) is 2.74. The van der Waals surface area contributed by atoms with E-state index < -0.39 is 0 Å². The van der Waals surface area contributed by atoms with E-state index in [0.29, 0.717) is 6.54 Å². The van der Waals surface area contributed by atoms with Gasteiger partial charge in [0.25, 0.3) is 0 Å². The second kappa shape index (κ2) is 6.92. The van der Waals surface area contributed by atoms with Crippen molar-refractivity contribution in [3.05, 3.63) is 29.8 Å². The van der Waals surface area contributed by atoms with Crippen LogP contribution in [0.15, 0.2) is 24.3 Å². The molecule has 4 nitrogen and oxygen atoms in total. The Balaban J connectivity index is 2.52. The van der Waals surface area contributed by atoms with E-state index in [1.807, 2.05) is 52.0 Å². The molecule has 0 bridgehead atoms. The first-order valence-electron chi connectivity index (χ1n) is 6.57. The lowest BCUT2D eigenvalue weighted by atomic mass is 10.1. The predicted molar refractivity (Wildman–Crippen MR) is 76.6 cm³/mol. The van der Waals surface area contributed by atoms with Crippen molar-refractivity contribution >= 4 is 17.5 Å². The van der Waals surface area contributed by atoms with Gasteiger partial charge in [0.2, 0.25) is 11.8 Å². The molecule has 4 heteroatoms. The third-order valence-corrected chi connectivity index (χ3v) is 2.74. The Bertz CT molecular complexity index is 436. The van der Waals surface area contributed by atoms with Crippen molar-refractivity contribution in [2.75, 3.05) is 5.32 Å². The second-order valence-electron chi connectivity index (χ2n) is 5.21. The van der Waals surface area contributed by atoms with Crippen LogP contribution < -0.4 is 10.6 Å². The van der Waals surface area contributed by atoms with Crippen LogP contribution in [-0.4, -0.2) is 11.8 Å². The number of amides is 2. The first-order chi connectivity index (χ1) is 8.90. The van der Waals surface area contributed by atoms with Crippen LogP contribution in [-0.2, 0) is 16.1 Å². The van der Waals surface area contributed by atoms with E-state index in [-0.39, 0.29) is 23.7 Å². The molecule has 0 aromatic heterocycles. The van der Waals surface area contributed by atoms with Gasteiger partial charge in [-0.3, -0.25) is 9.59 Å². The third kappa shape index (κ3) is 5.12. The zero-order valence-corrected chi connectivity index (χ0v) is 12.0. The summed E-state index contributed by atoms with van der Waals surface area (Å²) in [5.74, 6) is -0.00680. The van der Waals surface area contributed by atoms with Gasteiger partial charge < -0.3 is 10.6 Å². The van der Waals surface area contributed by atoms with E-state index in [4.69, 9.17) is 0 Å². The Morgan fingerprint density at radius 3 is 1.95 bits per heavy atom. The summed E-state index contributed by atoms with van der Waals surface area (Å²) < 4.78 is 0. The molecule has 0 fully saturated rings. The highest BCUT2D eigenvalue weighted by atomic mass is 16.2. The summed E-state index contributed by atoms with van der Waals surface area (Å²) in [7, 11) is 0. The largest absolute Gasteiger partial charge is 0.352 e. The molecule has 0 radical (unpaired) electrons. The minimum atomic E-state index is -0.0370. The molecule has 0 unspecified atom stereocenters. The lowest BCUT2D eigenvalue weighted by Crippen LogP contribution is -2.27. The van der Waals surface area contributed by atoms with Crippen LogP contribution in [0.5, 0.6) is 0 Å². The number of rotatable bonds is 5. The Morgan fingerprint density at radius 1 is 0.947 bits per heavy atom. The average Bonchev–Trinajstić information content (AvgIpc) is 2.37. The lowest BCUT2D eigenvalue weighted by molar-refractivity contribution is -0.124. The SMILES string of the molecule is CC(C)C(=O)NCc1ccc(NC(=O)C(C)C)cc1. The summed E-state index contributed by atoms with van der Waals surface area (Å²) in [6, 6.07) is 7.49. The van der Waals surface area contributed by atoms with Crippen LogP contribution >= 0.6 is 0 Å². The molecule has 1 rings (SSSR count). The van der Waals surface area contributed by atoms with Crippen LogP contribution in [0, 0.1) is 11.8 Å². The number of benzene rings is 1. The Labute approximate surface area is 114 Å². The van der Waals surface area contributed by atoms with Crippen molar-refractivity contribution in [3.63, 3.8) is 0 Å². The van der Waals surface area contributed by atoms with Crippen LogP contribution in [0.2, 0.25) is 0 Å². The van der Waals surface area contributed by atoms with Crippen molar-refractivity contribution in [2.45, 2.75) is 34.2 Å². The van der Waals surface area contributed by atoms with Crippen molar-refractivity contribution in [2.24, 2.45) is 11.8 Å². The summed E-state index contributed by atoms with van der Waals surface area (Å²) in [4.78, 5) is 23.0. The average molecular weight is 262 g/mol. The van der Waals surface area contributed by atoms with Gasteiger partial charge in [-0.15, -0.1) is 0 Å². The molecule has 0 saturated heterocycles. The number of carbonyl (C=O) groups excluding carboxylic acids is 2. The fourth-order valence-electron chi connectivity index (χ4n) is 1.39. The van der Waals surface area contributed by atoms with E-state index in [1.54, 1.807) is 0 Å². The van der Waals surface area contributed by atoms with Crippen molar-refractivity contribution in [1.29, 1.82) is 0 Å². The van der Waals surface area contributed by atoms with E-state index in [1.165, 1.54) is 0 Å². The molecular weight excluding hydrogens is 240 g/mol. The zero-order chi connectivity index (χ0) is 14.4. The topological polar surface area (TPSA) is 58.2 Å². The Hall–Kier alpha value is -1.84. The second-order valence-corrected chi connectivity index (χ2v) is 5.21. The molecule has 2 amide bonds. The van der Waals surface area contributed by atoms with Gasteiger partial charge in [-0.1, -0.05) is 39.8 Å². The molecule has 19 heavy (non-hydrogen) atoms. The lowest BCUT2D eigenvalue weighted by Gasteiger charge is -2.10. The highest BCUT2D eigenvalue weighted by Gasteiger charge is 2.08. The smallest absolute Gasteiger partial charge is 0.226 e. The minimum absolute atomic E-state index is 0.000797. The van der Waals surface area contributed by atoms with Gasteiger partial charge in [-0.05, 0) is 17.7 Å². The van der Waals surface area contributed by atoms with Crippen molar-refractivity contribution in [1.82, 2.24) is 5.32 Å². The number of hydrogen-bond donors (Lipinski definition) is 2. The highest BCUT2D eigenvalue weighted by Crippen LogP contribution is 2.11. The van der Waals surface area contributed by atoms with Crippen LogP contribution in [0.4, 0.5) is 5.69 Å². The van der Waals surface area contributed by atoms with Crippen LogP contribution in [0.25, 0.3) is 0 Å². The molecule has 0 aliphatic heterocycles. The molecule has 0 spiro atoms. The van der Waals surface area contributed by atoms with Gasteiger partial charge in [0.05, 0.1) is 0 Å². The summed E-state index contributed by atoms with van der Waals surface area (Å²) in [6.07, 6.45) is 0. The van der Waals surface area contributed by atoms with E-state index in [9.17, 15) is 9.59 Å². The van der Waals surface area contributed by atoms with Gasteiger partial charge >= 0.3 is 0 Å².